The van der Waals surface area contributed by atoms with Crippen LogP contribution >= 0.6 is 0 Å². The lowest BCUT2D eigenvalue weighted by molar-refractivity contribution is 0.726. The number of rotatable bonds is 6. The van der Waals surface area contributed by atoms with Crippen LogP contribution in [0, 0.1) is 13.8 Å². The Kier molecular flexibility index (Phi) is 8.79. The van der Waals surface area contributed by atoms with Gasteiger partial charge in [-0.05, 0) is 34.0 Å². The van der Waals surface area contributed by atoms with Crippen molar-refractivity contribution in [2.45, 2.75) is 169 Å². The first kappa shape index (κ1) is 39.0. The van der Waals surface area contributed by atoms with Crippen LogP contribution in [0.1, 0.15) is 94.2 Å². The standard InChI is InChI=1S/C38H74Si8/c1-31-27-23-25-29-33(31)43-44(34-30-26-24-28-32(34)2,45(43,39(15,16)35(3,4)5)40(17,18)36(6,7)8)46(43,41(19,20)37(9,10)11)42(21,22)38(12,13)14/h23-30H,1-22H3. The predicted molar refractivity (Wildman–Crippen MR) is 233 cm³/mol. The minimum Gasteiger partial charge on any atom is -0.0715 e. The molecule has 2 aromatic rings. The topological polar surface area (TPSA) is 0 Å². The molecule has 2 fully saturated rings. The molecule has 0 saturated carbocycles. The number of hydrogen-bond acceptors (Lipinski definition) is 0. The van der Waals surface area contributed by atoms with E-state index in [0.29, 0.717) is 20.2 Å². The number of fused-ring (bicyclic) bond motifs is 1. The van der Waals surface area contributed by atoms with Crippen molar-refractivity contribution < 1.29 is 0 Å². The van der Waals surface area contributed by atoms with Crippen molar-refractivity contribution in [2.24, 2.45) is 0 Å². The van der Waals surface area contributed by atoms with Gasteiger partial charge in [0.05, 0.1) is 13.3 Å². The molecule has 8 heteroatoms. The van der Waals surface area contributed by atoms with Crippen molar-refractivity contribution in [2.75, 3.05) is 0 Å². The zero-order valence-corrected chi connectivity index (χ0v) is 42.6. The predicted octanol–water partition coefficient (Wildman–Crippen LogP) is 11.0. The summed E-state index contributed by atoms with van der Waals surface area (Å²) in [5.41, 5.74) is 3.41. The highest BCUT2D eigenvalue weighted by atomic mass is 31.0. The largest absolute Gasteiger partial charge is 0.0715 e. The molecule has 0 nitrogen and oxygen atoms in total. The molecule has 2 aliphatic rings. The maximum Gasteiger partial charge on any atom is 0.0562 e. The van der Waals surface area contributed by atoms with Gasteiger partial charge in [-0.3, -0.25) is 0 Å². The lowest BCUT2D eigenvalue weighted by atomic mass is 10.2. The van der Waals surface area contributed by atoms with Crippen LogP contribution in [-0.2, 0) is 0 Å². The zero-order chi connectivity index (χ0) is 36.0. The molecule has 0 aliphatic carbocycles. The Morgan fingerprint density at radius 3 is 0.739 bits per heavy atom. The van der Waals surface area contributed by atoms with Crippen molar-refractivity contribution >= 4 is 66.3 Å². The fourth-order valence-electron chi connectivity index (χ4n) is 12.4. The summed E-state index contributed by atoms with van der Waals surface area (Å²) in [6.07, 6.45) is -3.71. The minimum absolute atomic E-state index is 0.411. The maximum atomic E-state index is 3.03. The molecule has 258 valence electrons. The molecular formula is C38H74Si8. The molecule has 0 spiro atoms. The highest BCUT2D eigenvalue weighted by Gasteiger charge is 3.22. The average molecular weight is 756 g/mol. The van der Waals surface area contributed by atoms with Crippen molar-refractivity contribution in [3.8, 4) is 0 Å². The second-order valence-corrected chi connectivity index (χ2v) is 122. The van der Waals surface area contributed by atoms with Gasteiger partial charge < -0.3 is 0 Å². The van der Waals surface area contributed by atoms with Gasteiger partial charge in [-0.2, -0.15) is 0 Å². The smallest absolute Gasteiger partial charge is 0.0562 e. The first-order valence-electron chi connectivity index (χ1n) is 18.4. The second-order valence-electron chi connectivity index (χ2n) is 22.1. The van der Waals surface area contributed by atoms with Crippen molar-refractivity contribution in [3.05, 3.63) is 59.7 Å². The Hall–Kier alpha value is 0.175. The van der Waals surface area contributed by atoms with E-state index in [1.165, 1.54) is 0 Å². The highest BCUT2D eigenvalue weighted by Crippen LogP contribution is 2.87. The van der Waals surface area contributed by atoms with Crippen LogP contribution < -0.4 is 10.4 Å². The number of benzene rings is 2. The Morgan fingerprint density at radius 2 is 0.565 bits per heavy atom. The summed E-state index contributed by atoms with van der Waals surface area (Å²) in [6.45, 7) is 58.3. The van der Waals surface area contributed by atoms with E-state index in [1.54, 1.807) is 11.1 Å². The normalized spacial score (nSPS) is 25.3. The lowest BCUT2D eigenvalue weighted by Crippen LogP contribution is -2.98. The van der Waals surface area contributed by atoms with Crippen molar-refractivity contribution in [3.63, 3.8) is 0 Å². The van der Waals surface area contributed by atoms with E-state index >= 15 is 0 Å². The monoisotopic (exact) mass is 754 g/mol. The Balaban J connectivity index is 2.56. The molecular weight excluding hydrogens is 681 g/mol. The van der Waals surface area contributed by atoms with Crippen LogP contribution in [0.15, 0.2) is 48.5 Å². The van der Waals surface area contributed by atoms with Gasteiger partial charge >= 0.3 is 0 Å². The van der Waals surface area contributed by atoms with Crippen molar-refractivity contribution in [1.82, 2.24) is 0 Å². The third-order valence-electron chi connectivity index (χ3n) is 17.0. The fourth-order valence-corrected chi connectivity index (χ4v) is 669. The van der Waals surface area contributed by atoms with E-state index in [4.69, 9.17) is 0 Å². The molecule has 0 radical (unpaired) electrons. The van der Waals surface area contributed by atoms with E-state index in [0.717, 1.165) is 0 Å². The van der Waals surface area contributed by atoms with Crippen LogP contribution in [0.4, 0.5) is 0 Å². The fraction of sp³-hybridized carbons (Fsp3) is 0.684. The van der Waals surface area contributed by atoms with Crippen LogP contribution in [0.5, 0.6) is 0 Å². The number of hydrogen-bond donors (Lipinski definition) is 0. The lowest BCUT2D eigenvalue weighted by Gasteiger charge is -2.70. The highest BCUT2D eigenvalue weighted by molar-refractivity contribution is 8.78. The van der Waals surface area contributed by atoms with Gasteiger partial charge in [-0.1, -0.05) is 205 Å². The average Bonchev–Trinajstić information content (AvgIpc) is 3.65. The van der Waals surface area contributed by atoms with Gasteiger partial charge in [0, 0.05) is 42.7 Å². The summed E-state index contributed by atoms with van der Waals surface area (Å²) in [5.74, 6) is 0. The molecule has 0 bridgehead atoms. The third-order valence-corrected chi connectivity index (χ3v) is 289. The van der Waals surface area contributed by atoms with Gasteiger partial charge in [0.15, 0.2) is 0 Å². The summed E-state index contributed by atoms with van der Waals surface area (Å²) in [4.78, 5) is 0. The van der Waals surface area contributed by atoms with Gasteiger partial charge in [0.1, 0.15) is 0 Å². The van der Waals surface area contributed by atoms with E-state index in [2.05, 4.69) is 208 Å². The van der Waals surface area contributed by atoms with Crippen molar-refractivity contribution in [1.29, 1.82) is 0 Å². The SMILES string of the molecule is Cc1ccccc1[Si]12[Si](c3ccccc3C)([Si]1([Si](C)(C)C(C)(C)C)[Si](C)(C)C(C)(C)C)[Si]2([Si](C)(C)C(C)(C)C)[Si](C)(C)C(C)(C)C. The zero-order valence-electron chi connectivity index (χ0n) is 34.6. The molecule has 2 saturated heterocycles. The van der Waals surface area contributed by atoms with E-state index in [1.807, 2.05) is 0 Å². The molecule has 0 N–H and O–H groups in total. The molecule has 0 unspecified atom stereocenters. The Labute approximate surface area is 293 Å². The van der Waals surface area contributed by atoms with Crippen LogP contribution in [0.2, 0.25) is 72.5 Å². The Bertz CT molecular complexity index is 1340. The quantitative estimate of drug-likeness (QED) is 0.258. The summed E-state index contributed by atoms with van der Waals surface area (Å²) in [7, 11) is -7.19. The molecule has 4 rings (SSSR count). The molecule has 0 amide bonds. The molecule has 46 heavy (non-hydrogen) atoms. The third kappa shape index (κ3) is 3.80. The number of aryl methyl sites for hydroxylation is 2. The molecule has 0 aromatic heterocycles. The van der Waals surface area contributed by atoms with Gasteiger partial charge in [0.25, 0.3) is 0 Å². The van der Waals surface area contributed by atoms with Gasteiger partial charge in [0.2, 0.25) is 0 Å². The second kappa shape index (κ2) is 10.4. The first-order chi connectivity index (χ1) is 20.3. The summed E-state index contributed by atoms with van der Waals surface area (Å²) < 4.78 is 0. The Morgan fingerprint density at radius 1 is 0.370 bits per heavy atom. The van der Waals surface area contributed by atoms with Crippen LogP contribution in [0.25, 0.3) is 0 Å². The van der Waals surface area contributed by atoms with E-state index in [9.17, 15) is 0 Å². The summed E-state index contributed by atoms with van der Waals surface area (Å²) >= 11 is 0. The molecule has 2 aliphatic heterocycles. The van der Waals surface area contributed by atoms with Gasteiger partial charge in [-0.15, -0.1) is 0 Å². The summed E-state index contributed by atoms with van der Waals surface area (Å²) in [5, 5.41) is 5.77. The van der Waals surface area contributed by atoms with Crippen LogP contribution in [-0.4, -0.2) is 55.9 Å². The maximum absolute atomic E-state index is 3.03. The van der Waals surface area contributed by atoms with E-state index < -0.39 is 55.9 Å². The molecule has 0 atom stereocenters. The molecule has 2 aromatic carbocycles. The van der Waals surface area contributed by atoms with Crippen LogP contribution in [0.3, 0.4) is 0 Å². The minimum atomic E-state index is -1.96. The van der Waals surface area contributed by atoms with E-state index in [-0.39, 0.29) is 0 Å². The van der Waals surface area contributed by atoms with Gasteiger partial charge in [-0.25, -0.2) is 0 Å². The summed E-state index contributed by atoms with van der Waals surface area (Å²) in [6, 6.07) is 20.6. The molecule has 2 heterocycles. The first-order valence-corrected chi connectivity index (χ1v) is 47.4.